The number of halogens is 1. The Morgan fingerprint density at radius 3 is 2.95 bits per heavy atom. The Morgan fingerprint density at radius 2 is 2.16 bits per heavy atom. The molecular weight excluding hydrogens is 304 g/mol. The number of nitrogens with zero attached hydrogens (tertiary/aromatic N) is 1. The van der Waals surface area contributed by atoms with E-state index in [1.165, 1.54) is 5.56 Å². The third-order valence-corrected chi connectivity index (χ3v) is 3.25. The first kappa shape index (κ1) is 14.0. The van der Waals surface area contributed by atoms with Crippen molar-refractivity contribution >= 4 is 15.9 Å². The minimum Gasteiger partial charge on any atom is -0.492 e. The van der Waals surface area contributed by atoms with Crippen LogP contribution in [0.1, 0.15) is 11.3 Å². The predicted octanol–water partition coefficient (Wildman–Crippen LogP) is 3.32. The lowest BCUT2D eigenvalue weighted by atomic mass is 10.2. The molecule has 4 heteroatoms. The maximum atomic E-state index is 5.64. The zero-order valence-corrected chi connectivity index (χ0v) is 12.5. The molecule has 0 aliphatic rings. The van der Waals surface area contributed by atoms with Gasteiger partial charge in [0.25, 0.3) is 0 Å². The second-order valence-corrected chi connectivity index (χ2v) is 5.17. The number of pyridine rings is 1. The number of aryl methyl sites for hydroxylation is 1. The van der Waals surface area contributed by atoms with Crippen LogP contribution in [0.4, 0.5) is 0 Å². The highest BCUT2D eigenvalue weighted by molar-refractivity contribution is 9.10. The second kappa shape index (κ2) is 7.26. The molecule has 0 fully saturated rings. The Balaban J connectivity index is 1.69. The third kappa shape index (κ3) is 4.65. The van der Waals surface area contributed by atoms with Gasteiger partial charge in [0.05, 0.1) is 5.69 Å². The van der Waals surface area contributed by atoms with Gasteiger partial charge in [0.1, 0.15) is 12.4 Å². The maximum Gasteiger partial charge on any atom is 0.120 e. The molecule has 0 bridgehead atoms. The molecule has 1 heterocycles. The monoisotopic (exact) mass is 320 g/mol. The van der Waals surface area contributed by atoms with Gasteiger partial charge in [-0.3, -0.25) is 4.98 Å². The molecule has 3 nitrogen and oxygen atoms in total. The molecule has 0 aliphatic heterocycles. The topological polar surface area (TPSA) is 34.2 Å². The smallest absolute Gasteiger partial charge is 0.120 e. The molecule has 0 saturated heterocycles. The van der Waals surface area contributed by atoms with Crippen LogP contribution >= 0.6 is 15.9 Å². The van der Waals surface area contributed by atoms with Gasteiger partial charge < -0.3 is 10.1 Å². The van der Waals surface area contributed by atoms with E-state index >= 15 is 0 Å². The number of hydrogen-bond donors (Lipinski definition) is 1. The highest BCUT2D eigenvalue weighted by atomic mass is 79.9. The zero-order valence-electron chi connectivity index (χ0n) is 10.9. The van der Waals surface area contributed by atoms with Crippen molar-refractivity contribution in [3.63, 3.8) is 0 Å². The highest BCUT2D eigenvalue weighted by Crippen LogP contribution is 2.17. The van der Waals surface area contributed by atoms with E-state index in [-0.39, 0.29) is 0 Å². The first-order valence-electron chi connectivity index (χ1n) is 6.25. The fourth-order valence-corrected chi connectivity index (χ4v) is 2.09. The molecule has 100 valence electrons. The molecule has 2 aromatic rings. The van der Waals surface area contributed by atoms with Crippen molar-refractivity contribution in [2.45, 2.75) is 13.5 Å². The minimum absolute atomic E-state index is 0.641. The number of ether oxygens (including phenoxy) is 1. The highest BCUT2D eigenvalue weighted by Gasteiger charge is 1.98. The summed E-state index contributed by atoms with van der Waals surface area (Å²) in [6, 6.07) is 11.9. The summed E-state index contributed by atoms with van der Waals surface area (Å²) in [6.07, 6.45) is 1.82. The normalized spacial score (nSPS) is 10.4. The summed E-state index contributed by atoms with van der Waals surface area (Å²) in [4.78, 5) is 4.34. The van der Waals surface area contributed by atoms with Crippen LogP contribution in [0.5, 0.6) is 5.75 Å². The molecule has 1 aromatic heterocycles. The van der Waals surface area contributed by atoms with Gasteiger partial charge in [-0.1, -0.05) is 28.1 Å². The van der Waals surface area contributed by atoms with Gasteiger partial charge in [0.2, 0.25) is 0 Å². The van der Waals surface area contributed by atoms with Crippen LogP contribution in [0, 0.1) is 6.92 Å². The van der Waals surface area contributed by atoms with Crippen LogP contribution in [0.25, 0.3) is 0 Å². The van der Waals surface area contributed by atoms with Crippen molar-refractivity contribution in [2.75, 3.05) is 13.2 Å². The molecule has 0 amide bonds. The van der Waals surface area contributed by atoms with Gasteiger partial charge in [-0.25, -0.2) is 0 Å². The summed E-state index contributed by atoms with van der Waals surface area (Å²) in [7, 11) is 0. The number of aromatic nitrogens is 1. The van der Waals surface area contributed by atoms with E-state index in [0.29, 0.717) is 6.61 Å². The van der Waals surface area contributed by atoms with Gasteiger partial charge in [0, 0.05) is 23.8 Å². The third-order valence-electron chi connectivity index (χ3n) is 2.75. The average molecular weight is 321 g/mol. The molecule has 0 saturated carbocycles. The SMILES string of the molecule is Cc1cccnc1CNCCOc1cccc(Br)c1. The van der Waals surface area contributed by atoms with E-state index in [1.54, 1.807) is 0 Å². The maximum absolute atomic E-state index is 5.64. The fourth-order valence-electron chi connectivity index (χ4n) is 1.71. The standard InChI is InChI=1S/C15H17BrN2O/c1-12-4-3-7-18-15(12)11-17-8-9-19-14-6-2-5-13(16)10-14/h2-7,10,17H,8-9,11H2,1H3. The summed E-state index contributed by atoms with van der Waals surface area (Å²) < 4.78 is 6.67. The first-order chi connectivity index (χ1) is 9.25. The van der Waals surface area contributed by atoms with Gasteiger partial charge in [-0.2, -0.15) is 0 Å². The largest absolute Gasteiger partial charge is 0.492 e. The van der Waals surface area contributed by atoms with E-state index < -0.39 is 0 Å². The van der Waals surface area contributed by atoms with Crippen molar-refractivity contribution in [3.8, 4) is 5.75 Å². The number of benzene rings is 1. The second-order valence-electron chi connectivity index (χ2n) is 4.25. The lowest BCUT2D eigenvalue weighted by Crippen LogP contribution is -2.21. The zero-order chi connectivity index (χ0) is 13.5. The van der Waals surface area contributed by atoms with Crippen molar-refractivity contribution in [3.05, 3.63) is 58.3 Å². The van der Waals surface area contributed by atoms with Crippen molar-refractivity contribution in [2.24, 2.45) is 0 Å². The van der Waals surface area contributed by atoms with E-state index in [0.717, 1.165) is 29.0 Å². The number of nitrogens with one attached hydrogen (secondary N) is 1. The molecule has 1 N–H and O–H groups in total. The van der Waals surface area contributed by atoms with Crippen molar-refractivity contribution in [1.29, 1.82) is 0 Å². The van der Waals surface area contributed by atoms with Gasteiger partial charge in [-0.05, 0) is 36.8 Å². The Bertz CT molecular complexity index is 531. The minimum atomic E-state index is 0.641. The number of hydrogen-bond acceptors (Lipinski definition) is 3. The Hall–Kier alpha value is -1.39. The average Bonchev–Trinajstić information content (AvgIpc) is 2.40. The summed E-state index contributed by atoms with van der Waals surface area (Å²) in [6.45, 7) is 4.28. The van der Waals surface area contributed by atoms with Crippen LogP contribution in [0.3, 0.4) is 0 Å². The van der Waals surface area contributed by atoms with Crippen molar-refractivity contribution < 1.29 is 4.74 Å². The lowest BCUT2D eigenvalue weighted by molar-refractivity contribution is 0.313. The molecular formula is C15H17BrN2O. The summed E-state index contributed by atoms with van der Waals surface area (Å²) in [5.74, 6) is 0.880. The van der Waals surface area contributed by atoms with Crippen LogP contribution < -0.4 is 10.1 Å². The molecule has 0 spiro atoms. The molecule has 0 unspecified atom stereocenters. The Kier molecular flexibility index (Phi) is 5.36. The number of rotatable bonds is 6. The first-order valence-corrected chi connectivity index (χ1v) is 7.04. The molecule has 1 aromatic carbocycles. The molecule has 0 atom stereocenters. The Morgan fingerprint density at radius 1 is 1.26 bits per heavy atom. The van der Waals surface area contributed by atoms with E-state index in [9.17, 15) is 0 Å². The van der Waals surface area contributed by atoms with Crippen LogP contribution in [-0.2, 0) is 6.54 Å². The van der Waals surface area contributed by atoms with E-state index in [4.69, 9.17) is 4.74 Å². The van der Waals surface area contributed by atoms with Gasteiger partial charge >= 0.3 is 0 Å². The van der Waals surface area contributed by atoms with Gasteiger partial charge in [0.15, 0.2) is 0 Å². The van der Waals surface area contributed by atoms with Crippen LogP contribution in [0.2, 0.25) is 0 Å². The molecule has 0 radical (unpaired) electrons. The summed E-state index contributed by atoms with van der Waals surface area (Å²) in [5.41, 5.74) is 2.30. The van der Waals surface area contributed by atoms with E-state index in [1.807, 2.05) is 36.5 Å². The summed E-state index contributed by atoms with van der Waals surface area (Å²) >= 11 is 3.42. The van der Waals surface area contributed by atoms with Gasteiger partial charge in [-0.15, -0.1) is 0 Å². The van der Waals surface area contributed by atoms with Crippen LogP contribution in [0.15, 0.2) is 47.1 Å². The van der Waals surface area contributed by atoms with E-state index in [2.05, 4.69) is 39.2 Å². The predicted molar refractivity (Wildman–Crippen MR) is 80.3 cm³/mol. The quantitative estimate of drug-likeness (QED) is 0.829. The lowest BCUT2D eigenvalue weighted by Gasteiger charge is -2.08. The Labute approximate surface area is 122 Å². The fraction of sp³-hybridized carbons (Fsp3) is 0.267. The molecule has 19 heavy (non-hydrogen) atoms. The molecule has 0 aliphatic carbocycles. The van der Waals surface area contributed by atoms with Crippen LogP contribution in [-0.4, -0.2) is 18.1 Å². The van der Waals surface area contributed by atoms with Crippen molar-refractivity contribution in [1.82, 2.24) is 10.3 Å². The summed E-state index contributed by atoms with van der Waals surface area (Å²) in [5, 5.41) is 3.33. The molecule has 2 rings (SSSR count).